The Morgan fingerprint density at radius 2 is 2.10 bits per heavy atom. The average molecular weight is 277 g/mol. The normalized spacial score (nSPS) is 18.6. The van der Waals surface area contributed by atoms with E-state index < -0.39 is 5.60 Å². The van der Waals surface area contributed by atoms with Crippen LogP contribution in [0, 0.1) is 0 Å². The second kappa shape index (κ2) is 5.83. The SMILES string of the molecule is CC(C)(C)OC(=O)N1c2ccccc2CCC1CCO. The molecule has 2 rings (SSSR count). The highest BCUT2D eigenvalue weighted by atomic mass is 16.6. The molecule has 1 aliphatic heterocycles. The zero-order valence-corrected chi connectivity index (χ0v) is 12.4. The molecule has 1 aromatic carbocycles. The largest absolute Gasteiger partial charge is 0.443 e. The summed E-state index contributed by atoms with van der Waals surface area (Å²) in [6, 6.07) is 7.91. The van der Waals surface area contributed by atoms with E-state index in [2.05, 4.69) is 0 Å². The smallest absolute Gasteiger partial charge is 0.415 e. The molecule has 1 aromatic rings. The van der Waals surface area contributed by atoms with Gasteiger partial charge in [-0.05, 0) is 51.7 Å². The molecule has 0 aromatic heterocycles. The number of carbonyl (C=O) groups excluding carboxylic acids is 1. The predicted molar refractivity (Wildman–Crippen MR) is 79.0 cm³/mol. The molecule has 20 heavy (non-hydrogen) atoms. The Bertz CT molecular complexity index is 479. The van der Waals surface area contributed by atoms with Gasteiger partial charge in [0.05, 0.1) is 5.69 Å². The molecular weight excluding hydrogens is 254 g/mol. The van der Waals surface area contributed by atoms with Crippen molar-refractivity contribution in [3.8, 4) is 0 Å². The van der Waals surface area contributed by atoms with Gasteiger partial charge in [0.25, 0.3) is 0 Å². The maximum Gasteiger partial charge on any atom is 0.415 e. The van der Waals surface area contributed by atoms with Crippen molar-refractivity contribution >= 4 is 11.8 Å². The van der Waals surface area contributed by atoms with Crippen LogP contribution < -0.4 is 4.90 Å². The molecule has 0 bridgehead atoms. The number of para-hydroxylation sites is 1. The number of aliphatic hydroxyl groups is 1. The lowest BCUT2D eigenvalue weighted by atomic mass is 9.94. The summed E-state index contributed by atoms with van der Waals surface area (Å²) in [4.78, 5) is 14.2. The minimum atomic E-state index is -0.521. The number of hydrogen-bond acceptors (Lipinski definition) is 3. The molecule has 0 aliphatic carbocycles. The number of aryl methyl sites for hydroxylation is 1. The summed E-state index contributed by atoms with van der Waals surface area (Å²) < 4.78 is 5.52. The van der Waals surface area contributed by atoms with Crippen LogP contribution in [0.3, 0.4) is 0 Å². The molecule has 1 amide bonds. The van der Waals surface area contributed by atoms with Crippen molar-refractivity contribution in [2.24, 2.45) is 0 Å². The van der Waals surface area contributed by atoms with Gasteiger partial charge in [-0.3, -0.25) is 4.90 Å². The molecule has 4 heteroatoms. The molecule has 0 fully saturated rings. The lowest BCUT2D eigenvalue weighted by Gasteiger charge is -2.37. The topological polar surface area (TPSA) is 49.8 Å². The second-order valence-electron chi connectivity index (χ2n) is 6.18. The van der Waals surface area contributed by atoms with Crippen molar-refractivity contribution in [1.29, 1.82) is 0 Å². The highest BCUT2D eigenvalue weighted by Gasteiger charge is 2.33. The fourth-order valence-electron chi connectivity index (χ4n) is 2.59. The van der Waals surface area contributed by atoms with Gasteiger partial charge in [0.1, 0.15) is 5.60 Å². The average Bonchev–Trinajstić information content (AvgIpc) is 2.36. The van der Waals surface area contributed by atoms with Crippen molar-refractivity contribution in [1.82, 2.24) is 0 Å². The summed E-state index contributed by atoms with van der Waals surface area (Å²) in [7, 11) is 0. The summed E-state index contributed by atoms with van der Waals surface area (Å²) in [5.74, 6) is 0. The predicted octanol–water partition coefficient (Wildman–Crippen LogP) is 3.13. The minimum Gasteiger partial charge on any atom is -0.443 e. The van der Waals surface area contributed by atoms with Gasteiger partial charge in [-0.2, -0.15) is 0 Å². The fourth-order valence-corrected chi connectivity index (χ4v) is 2.59. The second-order valence-corrected chi connectivity index (χ2v) is 6.18. The summed E-state index contributed by atoms with van der Waals surface area (Å²) in [5.41, 5.74) is 1.55. The van der Waals surface area contributed by atoms with E-state index in [1.807, 2.05) is 45.0 Å². The van der Waals surface area contributed by atoms with Crippen molar-refractivity contribution in [3.63, 3.8) is 0 Å². The Morgan fingerprint density at radius 3 is 2.75 bits per heavy atom. The zero-order chi connectivity index (χ0) is 14.8. The van der Waals surface area contributed by atoms with Gasteiger partial charge in [0.15, 0.2) is 0 Å². The number of hydrogen-bond donors (Lipinski definition) is 1. The van der Waals surface area contributed by atoms with E-state index in [-0.39, 0.29) is 18.7 Å². The van der Waals surface area contributed by atoms with Crippen LogP contribution >= 0.6 is 0 Å². The minimum absolute atomic E-state index is 0.00440. The van der Waals surface area contributed by atoms with Crippen molar-refractivity contribution < 1.29 is 14.6 Å². The van der Waals surface area contributed by atoms with E-state index >= 15 is 0 Å². The molecule has 0 saturated heterocycles. The molecule has 0 spiro atoms. The number of fused-ring (bicyclic) bond motifs is 1. The molecule has 1 atom stereocenters. The highest BCUT2D eigenvalue weighted by molar-refractivity contribution is 5.90. The van der Waals surface area contributed by atoms with Gasteiger partial charge >= 0.3 is 6.09 Å². The molecule has 1 aliphatic rings. The molecule has 1 heterocycles. The van der Waals surface area contributed by atoms with Crippen molar-refractivity contribution in [2.75, 3.05) is 11.5 Å². The number of amides is 1. The van der Waals surface area contributed by atoms with Crippen molar-refractivity contribution in [2.45, 2.75) is 51.7 Å². The van der Waals surface area contributed by atoms with Gasteiger partial charge in [0.2, 0.25) is 0 Å². The standard InChI is InChI=1S/C16H23NO3/c1-16(2,3)20-15(19)17-13(10-11-18)9-8-12-6-4-5-7-14(12)17/h4-7,13,18H,8-11H2,1-3H3. The molecule has 1 unspecified atom stereocenters. The number of benzene rings is 1. The van der Waals surface area contributed by atoms with E-state index in [1.54, 1.807) is 4.90 Å². The first-order valence-electron chi connectivity index (χ1n) is 7.13. The maximum absolute atomic E-state index is 12.5. The maximum atomic E-state index is 12.5. The number of anilines is 1. The third-order valence-corrected chi connectivity index (χ3v) is 3.42. The van der Waals surface area contributed by atoms with Crippen LogP contribution in [0.25, 0.3) is 0 Å². The lowest BCUT2D eigenvalue weighted by molar-refractivity contribution is 0.0555. The number of ether oxygens (including phenoxy) is 1. The molecule has 0 saturated carbocycles. The monoisotopic (exact) mass is 277 g/mol. The molecular formula is C16H23NO3. The van der Waals surface area contributed by atoms with Gasteiger partial charge in [-0.25, -0.2) is 4.79 Å². The van der Waals surface area contributed by atoms with Crippen LogP contribution in [-0.4, -0.2) is 29.4 Å². The van der Waals surface area contributed by atoms with Gasteiger partial charge in [-0.1, -0.05) is 18.2 Å². The summed E-state index contributed by atoms with van der Waals surface area (Å²) in [6.07, 6.45) is 2.04. The van der Waals surface area contributed by atoms with Crippen LogP contribution in [0.15, 0.2) is 24.3 Å². The number of aliphatic hydroxyl groups excluding tert-OH is 1. The fraction of sp³-hybridized carbons (Fsp3) is 0.562. The van der Waals surface area contributed by atoms with Crippen molar-refractivity contribution in [3.05, 3.63) is 29.8 Å². The van der Waals surface area contributed by atoms with Gasteiger partial charge in [-0.15, -0.1) is 0 Å². The van der Waals surface area contributed by atoms with E-state index in [9.17, 15) is 9.90 Å². The van der Waals surface area contributed by atoms with E-state index in [4.69, 9.17) is 4.74 Å². The Hall–Kier alpha value is -1.55. The zero-order valence-electron chi connectivity index (χ0n) is 12.4. The Kier molecular flexibility index (Phi) is 4.33. The first-order valence-corrected chi connectivity index (χ1v) is 7.13. The first-order chi connectivity index (χ1) is 9.42. The number of nitrogens with zero attached hydrogens (tertiary/aromatic N) is 1. The molecule has 0 radical (unpaired) electrons. The van der Waals surface area contributed by atoms with E-state index in [1.165, 1.54) is 0 Å². The molecule has 110 valence electrons. The Balaban J connectivity index is 2.31. The summed E-state index contributed by atoms with van der Waals surface area (Å²) >= 11 is 0. The quantitative estimate of drug-likeness (QED) is 0.903. The molecule has 1 N–H and O–H groups in total. The van der Waals surface area contributed by atoms with Crippen LogP contribution in [-0.2, 0) is 11.2 Å². The van der Waals surface area contributed by atoms with E-state index in [0.29, 0.717) is 6.42 Å². The summed E-state index contributed by atoms with van der Waals surface area (Å²) in [6.45, 7) is 5.66. The van der Waals surface area contributed by atoms with Crippen LogP contribution in [0.1, 0.15) is 39.2 Å². The summed E-state index contributed by atoms with van der Waals surface area (Å²) in [5, 5.41) is 9.22. The third-order valence-electron chi connectivity index (χ3n) is 3.42. The van der Waals surface area contributed by atoms with Crippen LogP contribution in [0.2, 0.25) is 0 Å². The van der Waals surface area contributed by atoms with Crippen LogP contribution in [0.4, 0.5) is 10.5 Å². The van der Waals surface area contributed by atoms with Crippen LogP contribution in [0.5, 0.6) is 0 Å². The Morgan fingerprint density at radius 1 is 1.40 bits per heavy atom. The number of carbonyl (C=O) groups is 1. The molecule has 4 nitrogen and oxygen atoms in total. The Labute approximate surface area is 120 Å². The highest BCUT2D eigenvalue weighted by Crippen LogP contribution is 2.33. The van der Waals surface area contributed by atoms with Gasteiger partial charge in [0, 0.05) is 12.6 Å². The lowest BCUT2D eigenvalue weighted by Crippen LogP contribution is -2.46. The third kappa shape index (κ3) is 3.31. The number of rotatable bonds is 2. The first kappa shape index (κ1) is 14.9. The van der Waals surface area contributed by atoms with E-state index in [0.717, 1.165) is 24.1 Å². The van der Waals surface area contributed by atoms with Gasteiger partial charge < -0.3 is 9.84 Å².